The average Bonchev–Trinajstić information content (AvgIpc) is 2.01. The fourth-order valence-corrected chi connectivity index (χ4v) is 1.00. The fraction of sp³-hybridized carbons (Fsp3) is 0.714. The van der Waals surface area contributed by atoms with Crippen LogP contribution in [0.2, 0.25) is 0 Å². The number of unbranched alkanes of at least 4 members (excludes halogenated alkanes) is 1. The van der Waals surface area contributed by atoms with Crippen molar-refractivity contribution >= 4 is 21.8 Å². The van der Waals surface area contributed by atoms with E-state index in [1.54, 1.807) is 0 Å². The molecule has 1 N–H and O–H groups in total. The summed E-state index contributed by atoms with van der Waals surface area (Å²) in [6.07, 6.45) is 2.40. The zero-order valence-corrected chi connectivity index (χ0v) is 7.85. The van der Waals surface area contributed by atoms with Crippen LogP contribution < -0.4 is 5.32 Å². The van der Waals surface area contributed by atoms with Gasteiger partial charge < -0.3 is 5.32 Å². The second kappa shape index (κ2) is 7.55. The lowest BCUT2D eigenvalue weighted by atomic mass is 10.2. The molecule has 0 heterocycles. The van der Waals surface area contributed by atoms with Crippen LogP contribution in [-0.2, 0) is 4.79 Å². The van der Waals surface area contributed by atoms with Gasteiger partial charge in [0.1, 0.15) is 6.54 Å². The molecule has 0 unspecified atom stereocenters. The third-order valence-electron chi connectivity index (χ3n) is 1.15. The Balaban J connectivity index is 3.17. The van der Waals surface area contributed by atoms with E-state index in [4.69, 9.17) is 5.26 Å². The summed E-state index contributed by atoms with van der Waals surface area (Å²) in [6.45, 7) is 0.118. The van der Waals surface area contributed by atoms with E-state index in [0.29, 0.717) is 6.42 Å². The Morgan fingerprint density at radius 3 is 2.82 bits per heavy atom. The zero-order valence-electron chi connectivity index (χ0n) is 6.27. The van der Waals surface area contributed by atoms with E-state index in [0.717, 1.165) is 18.2 Å². The molecule has 0 aliphatic heterocycles. The maximum Gasteiger partial charge on any atom is 0.220 e. The quantitative estimate of drug-likeness (QED) is 0.429. The number of nitrogens with zero attached hydrogens (tertiary/aromatic N) is 1. The number of halogens is 1. The minimum Gasteiger partial charge on any atom is -0.343 e. The van der Waals surface area contributed by atoms with Gasteiger partial charge in [0.15, 0.2) is 0 Å². The van der Waals surface area contributed by atoms with Crippen molar-refractivity contribution in [1.29, 1.82) is 5.26 Å². The molecule has 0 saturated carbocycles. The molecule has 0 fully saturated rings. The van der Waals surface area contributed by atoms with Gasteiger partial charge >= 0.3 is 0 Å². The van der Waals surface area contributed by atoms with E-state index in [1.807, 2.05) is 6.07 Å². The van der Waals surface area contributed by atoms with Crippen LogP contribution in [0.1, 0.15) is 19.3 Å². The normalized spacial score (nSPS) is 8.73. The van der Waals surface area contributed by atoms with Crippen molar-refractivity contribution in [3.8, 4) is 6.07 Å². The molecule has 0 saturated heterocycles. The molecule has 0 atom stereocenters. The summed E-state index contributed by atoms with van der Waals surface area (Å²) in [5.74, 6) is -0.0347. The van der Waals surface area contributed by atoms with E-state index >= 15 is 0 Å². The van der Waals surface area contributed by atoms with Crippen LogP contribution in [0.4, 0.5) is 0 Å². The molecule has 62 valence electrons. The summed E-state index contributed by atoms with van der Waals surface area (Å²) in [5.41, 5.74) is 0. The molecule has 0 aliphatic rings. The predicted octanol–water partition coefficient (Wildman–Crippen LogP) is 1.19. The lowest BCUT2D eigenvalue weighted by Gasteiger charge is -1.98. The van der Waals surface area contributed by atoms with Crippen molar-refractivity contribution in [2.45, 2.75) is 19.3 Å². The predicted molar refractivity (Wildman–Crippen MR) is 46.3 cm³/mol. The fourth-order valence-electron chi connectivity index (χ4n) is 0.607. The number of carbonyl (C=O) groups excluding carboxylic acids is 1. The molecule has 11 heavy (non-hydrogen) atoms. The average molecular weight is 219 g/mol. The SMILES string of the molecule is N#CCNC(=O)CCCCBr. The van der Waals surface area contributed by atoms with E-state index < -0.39 is 0 Å². The van der Waals surface area contributed by atoms with Gasteiger partial charge in [-0.3, -0.25) is 4.79 Å². The zero-order chi connectivity index (χ0) is 8.53. The van der Waals surface area contributed by atoms with Crippen molar-refractivity contribution < 1.29 is 4.79 Å². The van der Waals surface area contributed by atoms with Crippen LogP contribution in [0.25, 0.3) is 0 Å². The Kier molecular flexibility index (Phi) is 7.16. The first kappa shape index (κ1) is 10.4. The Bertz CT molecular complexity index is 153. The summed E-state index contributed by atoms with van der Waals surface area (Å²) >= 11 is 3.27. The van der Waals surface area contributed by atoms with E-state index in [2.05, 4.69) is 21.2 Å². The molecule has 1 amide bonds. The number of alkyl halides is 1. The number of hydrogen-bond donors (Lipinski definition) is 1. The van der Waals surface area contributed by atoms with Crippen LogP contribution >= 0.6 is 15.9 Å². The lowest BCUT2D eigenvalue weighted by Crippen LogP contribution is -2.22. The van der Waals surface area contributed by atoms with Crippen LogP contribution in [-0.4, -0.2) is 17.8 Å². The lowest BCUT2D eigenvalue weighted by molar-refractivity contribution is -0.120. The summed E-state index contributed by atoms with van der Waals surface area (Å²) in [7, 11) is 0. The third kappa shape index (κ3) is 7.34. The van der Waals surface area contributed by atoms with Crippen LogP contribution in [0.5, 0.6) is 0 Å². The van der Waals surface area contributed by atoms with Crippen molar-refractivity contribution in [1.82, 2.24) is 5.32 Å². The minimum absolute atomic E-state index is 0.0347. The first-order chi connectivity index (χ1) is 5.31. The monoisotopic (exact) mass is 218 g/mol. The maximum atomic E-state index is 10.8. The van der Waals surface area contributed by atoms with Gasteiger partial charge in [0.25, 0.3) is 0 Å². The Morgan fingerprint density at radius 2 is 2.27 bits per heavy atom. The van der Waals surface area contributed by atoms with E-state index in [9.17, 15) is 4.79 Å². The Labute approximate surface area is 74.9 Å². The molecule has 0 aliphatic carbocycles. The molecular formula is C7H11BrN2O. The molecule has 3 nitrogen and oxygen atoms in total. The topological polar surface area (TPSA) is 52.9 Å². The number of rotatable bonds is 5. The molecular weight excluding hydrogens is 208 g/mol. The molecule has 0 aromatic rings. The minimum atomic E-state index is -0.0347. The van der Waals surface area contributed by atoms with Crippen molar-refractivity contribution in [3.63, 3.8) is 0 Å². The molecule has 0 rings (SSSR count). The van der Waals surface area contributed by atoms with Gasteiger partial charge in [0.2, 0.25) is 5.91 Å². The third-order valence-corrected chi connectivity index (χ3v) is 1.71. The summed E-state index contributed by atoms with van der Waals surface area (Å²) in [4.78, 5) is 10.8. The Morgan fingerprint density at radius 1 is 1.55 bits per heavy atom. The molecule has 0 aromatic heterocycles. The van der Waals surface area contributed by atoms with Crippen molar-refractivity contribution in [2.75, 3.05) is 11.9 Å². The number of amides is 1. The van der Waals surface area contributed by atoms with Gasteiger partial charge in [0.05, 0.1) is 6.07 Å². The first-order valence-electron chi connectivity index (χ1n) is 3.51. The molecule has 0 bridgehead atoms. The highest BCUT2D eigenvalue weighted by molar-refractivity contribution is 9.09. The first-order valence-corrected chi connectivity index (χ1v) is 4.63. The molecule has 4 heteroatoms. The van der Waals surface area contributed by atoms with Gasteiger partial charge in [-0.25, -0.2) is 0 Å². The smallest absolute Gasteiger partial charge is 0.220 e. The van der Waals surface area contributed by atoms with Gasteiger partial charge in [-0.05, 0) is 12.8 Å². The highest BCUT2D eigenvalue weighted by atomic mass is 79.9. The molecule has 0 spiro atoms. The van der Waals surface area contributed by atoms with Crippen molar-refractivity contribution in [2.24, 2.45) is 0 Å². The highest BCUT2D eigenvalue weighted by Crippen LogP contribution is 1.97. The molecule has 0 aromatic carbocycles. The van der Waals surface area contributed by atoms with Gasteiger partial charge in [0, 0.05) is 11.8 Å². The van der Waals surface area contributed by atoms with Gasteiger partial charge in [-0.2, -0.15) is 5.26 Å². The largest absolute Gasteiger partial charge is 0.343 e. The maximum absolute atomic E-state index is 10.8. The van der Waals surface area contributed by atoms with Crippen LogP contribution in [0, 0.1) is 11.3 Å². The number of nitriles is 1. The second-order valence-corrected chi connectivity index (χ2v) is 2.87. The highest BCUT2D eigenvalue weighted by Gasteiger charge is 1.97. The van der Waals surface area contributed by atoms with Gasteiger partial charge in [-0.1, -0.05) is 15.9 Å². The van der Waals surface area contributed by atoms with Gasteiger partial charge in [-0.15, -0.1) is 0 Å². The Hall–Kier alpha value is -0.560. The molecule has 0 radical (unpaired) electrons. The van der Waals surface area contributed by atoms with Crippen molar-refractivity contribution in [3.05, 3.63) is 0 Å². The standard InChI is InChI=1S/C7H11BrN2O/c8-4-2-1-3-7(11)10-6-5-9/h1-4,6H2,(H,10,11). The van der Waals surface area contributed by atoms with E-state index in [-0.39, 0.29) is 12.5 Å². The second-order valence-electron chi connectivity index (χ2n) is 2.08. The summed E-state index contributed by atoms with van der Waals surface area (Å²) < 4.78 is 0. The summed E-state index contributed by atoms with van der Waals surface area (Å²) in [5, 5.41) is 11.5. The number of carbonyl (C=O) groups is 1. The van der Waals surface area contributed by atoms with E-state index in [1.165, 1.54) is 0 Å². The number of hydrogen-bond acceptors (Lipinski definition) is 2. The van der Waals surface area contributed by atoms with Crippen LogP contribution in [0.15, 0.2) is 0 Å². The summed E-state index contributed by atoms with van der Waals surface area (Å²) in [6, 6.07) is 1.85. The number of nitrogens with one attached hydrogen (secondary N) is 1. The van der Waals surface area contributed by atoms with Crippen LogP contribution in [0.3, 0.4) is 0 Å².